The summed E-state index contributed by atoms with van der Waals surface area (Å²) in [7, 11) is 0. The first-order valence-electron chi connectivity index (χ1n) is 8.33. The minimum Gasteiger partial charge on any atom is -0.433 e. The Morgan fingerprint density at radius 3 is 2.52 bits per heavy atom. The fourth-order valence-corrected chi connectivity index (χ4v) is 2.79. The molecule has 0 unspecified atom stereocenters. The van der Waals surface area contributed by atoms with Gasteiger partial charge in [-0.2, -0.15) is 4.98 Å². The third-order valence-electron chi connectivity index (χ3n) is 4.19. The van der Waals surface area contributed by atoms with Gasteiger partial charge in [-0.15, -0.1) is 0 Å². The van der Waals surface area contributed by atoms with Gasteiger partial charge >= 0.3 is 0 Å². The van der Waals surface area contributed by atoms with Crippen LogP contribution in [0.1, 0.15) is 5.56 Å². The van der Waals surface area contributed by atoms with Gasteiger partial charge in [-0.1, -0.05) is 6.07 Å². The quantitative estimate of drug-likeness (QED) is 0.481. The van der Waals surface area contributed by atoms with Crippen LogP contribution in [0.4, 0.5) is 17.6 Å². The number of nitrogens with zero attached hydrogens (tertiary/aromatic N) is 3. The van der Waals surface area contributed by atoms with Crippen LogP contribution in [0.25, 0.3) is 10.9 Å². The van der Waals surface area contributed by atoms with Crippen LogP contribution in [0.5, 0.6) is 11.6 Å². The van der Waals surface area contributed by atoms with Gasteiger partial charge in [0.2, 0.25) is 0 Å². The Morgan fingerprint density at radius 1 is 0.931 bits per heavy atom. The van der Waals surface area contributed by atoms with E-state index in [4.69, 9.17) is 4.74 Å². The zero-order valence-corrected chi connectivity index (χ0v) is 14.6. The summed E-state index contributed by atoms with van der Waals surface area (Å²) in [6.07, 6.45) is 2.40. The lowest BCUT2D eigenvalue weighted by atomic mass is 10.1. The van der Waals surface area contributed by atoms with Crippen molar-refractivity contribution in [3.63, 3.8) is 0 Å². The van der Waals surface area contributed by atoms with Crippen LogP contribution < -0.4 is 10.3 Å². The Balaban J connectivity index is 1.79. The molecule has 0 saturated heterocycles. The standard InChI is InChI=1S/C20H11F4N3O2/c21-12-4-3-11(15(23)6-12)9-27-10-26-19(28)13-7-18(16(24)8-17(13)27)29-20-14(22)2-1-5-25-20/h1-8,10H,9H2. The largest absolute Gasteiger partial charge is 0.433 e. The molecule has 0 atom stereocenters. The van der Waals surface area contributed by atoms with Crippen molar-refractivity contribution >= 4 is 10.9 Å². The number of pyridine rings is 1. The van der Waals surface area contributed by atoms with Gasteiger partial charge in [0, 0.05) is 23.9 Å². The number of ether oxygens (including phenoxy) is 1. The molecular weight excluding hydrogens is 390 g/mol. The first kappa shape index (κ1) is 18.6. The molecule has 0 aliphatic heterocycles. The van der Waals surface area contributed by atoms with Crippen LogP contribution in [-0.2, 0) is 6.54 Å². The highest BCUT2D eigenvalue weighted by molar-refractivity contribution is 5.80. The fraction of sp³-hybridized carbons (Fsp3) is 0.0500. The Morgan fingerprint density at radius 2 is 1.76 bits per heavy atom. The van der Waals surface area contributed by atoms with Gasteiger partial charge in [-0.05, 0) is 24.3 Å². The summed E-state index contributed by atoms with van der Waals surface area (Å²) in [5, 5.41) is -0.0252. The lowest BCUT2D eigenvalue weighted by Crippen LogP contribution is -2.14. The van der Waals surface area contributed by atoms with E-state index in [9.17, 15) is 22.4 Å². The monoisotopic (exact) mass is 401 g/mol. The number of aromatic nitrogens is 3. The van der Waals surface area contributed by atoms with Gasteiger partial charge in [0.05, 0.1) is 23.8 Å². The van der Waals surface area contributed by atoms with Crippen LogP contribution >= 0.6 is 0 Å². The van der Waals surface area contributed by atoms with Crippen molar-refractivity contribution in [1.29, 1.82) is 0 Å². The molecule has 0 bridgehead atoms. The Hall–Kier alpha value is -3.75. The summed E-state index contributed by atoms with van der Waals surface area (Å²) in [5.41, 5.74) is -0.448. The second kappa shape index (κ2) is 7.34. The van der Waals surface area contributed by atoms with Crippen LogP contribution in [0.3, 0.4) is 0 Å². The number of rotatable bonds is 4. The van der Waals surface area contributed by atoms with Crippen molar-refractivity contribution < 1.29 is 22.3 Å². The molecule has 0 spiro atoms. The van der Waals surface area contributed by atoms with Crippen LogP contribution in [0, 0.1) is 23.3 Å². The molecule has 4 aromatic rings. The van der Waals surface area contributed by atoms with Crippen LogP contribution in [0.2, 0.25) is 0 Å². The molecule has 0 fully saturated rings. The molecule has 0 saturated carbocycles. The van der Waals surface area contributed by atoms with Gasteiger partial charge in [0.1, 0.15) is 11.6 Å². The minimum atomic E-state index is -0.888. The number of benzene rings is 2. The third-order valence-corrected chi connectivity index (χ3v) is 4.19. The van der Waals surface area contributed by atoms with Gasteiger partial charge < -0.3 is 9.30 Å². The van der Waals surface area contributed by atoms with Gasteiger partial charge in [0.25, 0.3) is 11.4 Å². The summed E-state index contributed by atoms with van der Waals surface area (Å²) in [6.45, 7) is -0.121. The second-order valence-corrected chi connectivity index (χ2v) is 6.11. The second-order valence-electron chi connectivity index (χ2n) is 6.11. The van der Waals surface area contributed by atoms with Crippen molar-refractivity contribution in [3.05, 3.63) is 94.2 Å². The van der Waals surface area contributed by atoms with E-state index in [-0.39, 0.29) is 23.0 Å². The molecule has 146 valence electrons. The van der Waals surface area contributed by atoms with Crippen molar-refractivity contribution in [1.82, 2.24) is 14.5 Å². The summed E-state index contributed by atoms with van der Waals surface area (Å²) in [4.78, 5) is 19.5. The smallest absolute Gasteiger partial charge is 0.280 e. The molecule has 2 aromatic heterocycles. The van der Waals surface area contributed by atoms with E-state index in [1.165, 1.54) is 22.9 Å². The number of fused-ring (bicyclic) bond motifs is 1. The van der Waals surface area contributed by atoms with Crippen molar-refractivity contribution in [2.45, 2.75) is 6.54 Å². The van der Waals surface area contributed by atoms with Crippen molar-refractivity contribution in [2.24, 2.45) is 0 Å². The zero-order chi connectivity index (χ0) is 20.5. The summed E-state index contributed by atoms with van der Waals surface area (Å²) < 4.78 is 61.9. The maximum Gasteiger partial charge on any atom is 0.280 e. The first-order chi connectivity index (χ1) is 13.9. The lowest BCUT2D eigenvalue weighted by Gasteiger charge is -2.13. The molecule has 0 amide bonds. The molecule has 9 heteroatoms. The Labute approximate surface area is 160 Å². The van der Waals surface area contributed by atoms with E-state index in [0.717, 1.165) is 36.7 Å². The number of halogens is 4. The van der Waals surface area contributed by atoms with E-state index >= 15 is 0 Å². The highest BCUT2D eigenvalue weighted by Crippen LogP contribution is 2.28. The zero-order valence-electron chi connectivity index (χ0n) is 14.6. The maximum atomic E-state index is 14.6. The SMILES string of the molecule is O=c1ncn(Cc2ccc(F)cc2F)c2cc(F)c(Oc3ncccc3F)cc12. The summed E-state index contributed by atoms with van der Waals surface area (Å²) in [6, 6.07) is 7.56. The van der Waals surface area contributed by atoms with E-state index in [0.29, 0.717) is 0 Å². The summed E-state index contributed by atoms with van der Waals surface area (Å²) in [5.74, 6) is -4.08. The molecular formula is C20H11F4N3O2. The van der Waals surface area contributed by atoms with E-state index in [1.54, 1.807) is 0 Å². The molecule has 29 heavy (non-hydrogen) atoms. The highest BCUT2D eigenvalue weighted by Gasteiger charge is 2.15. The minimum absolute atomic E-state index is 0.0252. The average Bonchev–Trinajstić information content (AvgIpc) is 2.69. The van der Waals surface area contributed by atoms with E-state index in [1.807, 2.05) is 0 Å². The Bertz CT molecular complexity index is 1290. The average molecular weight is 401 g/mol. The highest BCUT2D eigenvalue weighted by atomic mass is 19.1. The lowest BCUT2D eigenvalue weighted by molar-refractivity contribution is 0.399. The third kappa shape index (κ3) is 3.66. The maximum absolute atomic E-state index is 14.6. The molecule has 0 radical (unpaired) electrons. The van der Waals surface area contributed by atoms with Crippen molar-refractivity contribution in [2.75, 3.05) is 0 Å². The number of hydrogen-bond acceptors (Lipinski definition) is 4. The van der Waals surface area contributed by atoms with Crippen LogP contribution in [0.15, 0.2) is 59.8 Å². The van der Waals surface area contributed by atoms with Crippen molar-refractivity contribution in [3.8, 4) is 11.6 Å². The predicted octanol–water partition coefficient (Wildman–Crippen LogP) is 4.19. The van der Waals surface area contributed by atoms with Gasteiger partial charge in [0.15, 0.2) is 17.4 Å². The summed E-state index contributed by atoms with van der Waals surface area (Å²) >= 11 is 0. The molecule has 0 N–H and O–H groups in total. The van der Waals surface area contributed by atoms with E-state index in [2.05, 4.69) is 9.97 Å². The molecule has 0 aliphatic rings. The van der Waals surface area contributed by atoms with Crippen LogP contribution in [-0.4, -0.2) is 14.5 Å². The first-order valence-corrected chi connectivity index (χ1v) is 8.33. The molecule has 4 rings (SSSR count). The Kier molecular flexibility index (Phi) is 4.71. The fourth-order valence-electron chi connectivity index (χ4n) is 2.79. The number of hydrogen-bond donors (Lipinski definition) is 0. The normalized spacial score (nSPS) is 11.0. The molecule has 2 aromatic carbocycles. The molecule has 2 heterocycles. The van der Waals surface area contributed by atoms with Gasteiger partial charge in [-0.3, -0.25) is 4.79 Å². The molecule has 5 nitrogen and oxygen atoms in total. The van der Waals surface area contributed by atoms with E-state index < -0.39 is 40.5 Å². The van der Waals surface area contributed by atoms with Gasteiger partial charge in [-0.25, -0.2) is 22.5 Å². The topological polar surface area (TPSA) is 57.0 Å². The molecule has 0 aliphatic carbocycles. The predicted molar refractivity (Wildman–Crippen MR) is 95.7 cm³/mol.